The van der Waals surface area contributed by atoms with E-state index in [2.05, 4.69) is 141 Å². The van der Waals surface area contributed by atoms with Crippen molar-refractivity contribution in [3.63, 3.8) is 0 Å². The van der Waals surface area contributed by atoms with E-state index in [4.69, 9.17) is 0 Å². The molecule has 2 aliphatic carbocycles. The van der Waals surface area contributed by atoms with Crippen molar-refractivity contribution in [2.45, 2.75) is 38.5 Å². The highest BCUT2D eigenvalue weighted by Gasteiger charge is 2.39. The number of halogens is 1. The molecule has 0 aliphatic heterocycles. The minimum atomic E-state index is 0.138. The molecule has 0 saturated carbocycles. The average molecular weight is 627 g/mol. The van der Waals surface area contributed by atoms with Crippen LogP contribution in [0.5, 0.6) is 0 Å². The van der Waals surface area contributed by atoms with Crippen LogP contribution in [0, 0.1) is 3.57 Å². The summed E-state index contributed by atoms with van der Waals surface area (Å²) in [7, 11) is 0. The molecule has 0 atom stereocenters. The number of thiophene rings is 2. The number of hydrogen-bond acceptors (Lipinski definition) is 2. The second-order valence-electron chi connectivity index (χ2n) is 11.1. The number of benzene rings is 4. The second kappa shape index (κ2) is 8.26. The molecule has 0 fully saturated rings. The largest absolute Gasteiger partial charge is 0.139 e. The normalized spacial score (nSPS) is 15.6. The number of rotatable bonds is 0. The Morgan fingerprint density at radius 2 is 1.05 bits per heavy atom. The Morgan fingerprint density at radius 1 is 0.541 bits per heavy atom. The van der Waals surface area contributed by atoms with E-state index in [1.54, 1.807) is 0 Å². The summed E-state index contributed by atoms with van der Waals surface area (Å²) < 4.78 is 4.21. The molecular weight excluding hydrogens is 599 g/mol. The van der Waals surface area contributed by atoms with Crippen LogP contribution in [0.25, 0.3) is 42.4 Å². The molecule has 0 spiro atoms. The van der Waals surface area contributed by atoms with E-state index >= 15 is 0 Å². The molecule has 182 valence electrons. The Labute approximate surface area is 240 Å². The topological polar surface area (TPSA) is 0 Å². The summed E-state index contributed by atoms with van der Waals surface area (Å²) in [5.41, 5.74) is 9.02. The van der Waals surface area contributed by atoms with Gasteiger partial charge in [0.15, 0.2) is 0 Å². The molecule has 6 aromatic rings. The van der Waals surface area contributed by atoms with Gasteiger partial charge in [-0.05, 0) is 57.0 Å². The van der Waals surface area contributed by atoms with Gasteiger partial charge in [-0.2, -0.15) is 0 Å². The lowest BCUT2D eigenvalue weighted by atomic mass is 9.87. The first kappa shape index (κ1) is 23.6. The molecular formula is C34H27IS2. The van der Waals surface area contributed by atoms with Gasteiger partial charge in [0.25, 0.3) is 0 Å². The van der Waals surface area contributed by atoms with E-state index < -0.39 is 0 Å². The van der Waals surface area contributed by atoms with Crippen molar-refractivity contribution >= 4 is 65.4 Å². The molecule has 3 heteroatoms. The van der Waals surface area contributed by atoms with Gasteiger partial charge in [-0.25, -0.2) is 0 Å². The van der Waals surface area contributed by atoms with Crippen molar-refractivity contribution in [2.24, 2.45) is 0 Å². The van der Waals surface area contributed by atoms with Gasteiger partial charge in [-0.1, -0.05) is 107 Å². The molecule has 0 N–H and O–H groups in total. The summed E-state index contributed by atoms with van der Waals surface area (Å²) in [5.74, 6) is 0. The quantitative estimate of drug-likeness (QED) is 0.147. The van der Waals surface area contributed by atoms with Gasteiger partial charge >= 0.3 is 0 Å². The van der Waals surface area contributed by atoms with Crippen LogP contribution in [0.15, 0.2) is 91.0 Å². The van der Waals surface area contributed by atoms with Crippen LogP contribution in [-0.2, 0) is 10.8 Å². The molecule has 2 heterocycles. The molecule has 0 unspecified atom stereocenters. The van der Waals surface area contributed by atoms with Crippen LogP contribution in [0.1, 0.15) is 48.6 Å². The lowest BCUT2D eigenvalue weighted by Crippen LogP contribution is -2.13. The molecule has 2 aromatic heterocycles. The summed E-state index contributed by atoms with van der Waals surface area (Å²) in [6, 6.07) is 33.1. The Balaban J connectivity index is 0.000000125. The summed E-state index contributed by atoms with van der Waals surface area (Å²) >= 11 is 6.37. The summed E-state index contributed by atoms with van der Waals surface area (Å²) in [6.07, 6.45) is 0. The number of hydrogen-bond donors (Lipinski definition) is 0. The van der Waals surface area contributed by atoms with Gasteiger partial charge in [0.1, 0.15) is 0 Å². The molecule has 0 saturated heterocycles. The SMILES string of the molecule is CC1(C)c2ccccc2-c2c1sc1c(I)cccc21.CC1(C)c2ccccc2-c2c1sc1ccccc21. The molecule has 8 rings (SSSR count). The first-order valence-corrected chi connectivity index (χ1v) is 15.4. The van der Waals surface area contributed by atoms with Gasteiger partial charge in [-0.15, -0.1) is 22.7 Å². The maximum Gasteiger partial charge on any atom is 0.0485 e. The minimum Gasteiger partial charge on any atom is -0.139 e. The third kappa shape index (κ3) is 3.30. The summed E-state index contributed by atoms with van der Waals surface area (Å²) in [6.45, 7) is 9.37. The van der Waals surface area contributed by atoms with Crippen LogP contribution in [-0.4, -0.2) is 0 Å². The lowest BCUT2D eigenvalue weighted by Gasteiger charge is -2.19. The molecule has 37 heavy (non-hydrogen) atoms. The second-order valence-corrected chi connectivity index (χ2v) is 14.3. The first-order chi connectivity index (χ1) is 17.8. The highest BCUT2D eigenvalue weighted by Crippen LogP contribution is 2.56. The van der Waals surface area contributed by atoms with Crippen molar-refractivity contribution in [3.8, 4) is 22.3 Å². The Kier molecular flexibility index (Phi) is 5.28. The fourth-order valence-corrected chi connectivity index (χ4v) is 9.78. The van der Waals surface area contributed by atoms with Crippen LogP contribution >= 0.6 is 45.3 Å². The van der Waals surface area contributed by atoms with E-state index in [0.29, 0.717) is 0 Å². The van der Waals surface area contributed by atoms with Gasteiger partial charge in [-0.3, -0.25) is 0 Å². The molecule has 0 radical (unpaired) electrons. The monoisotopic (exact) mass is 626 g/mol. The maximum absolute atomic E-state index is 2.45. The summed E-state index contributed by atoms with van der Waals surface area (Å²) in [5, 5.41) is 2.83. The Bertz CT molecular complexity index is 1850. The Hall–Kier alpha value is -2.47. The van der Waals surface area contributed by atoms with E-state index in [1.165, 1.54) is 66.9 Å². The van der Waals surface area contributed by atoms with Crippen LogP contribution in [0.2, 0.25) is 0 Å². The van der Waals surface area contributed by atoms with Crippen molar-refractivity contribution in [2.75, 3.05) is 0 Å². The van der Waals surface area contributed by atoms with Gasteiger partial charge < -0.3 is 0 Å². The van der Waals surface area contributed by atoms with Crippen molar-refractivity contribution < 1.29 is 0 Å². The molecule has 4 aromatic carbocycles. The average Bonchev–Trinajstić information content (AvgIpc) is 3.60. The Morgan fingerprint density at radius 3 is 1.73 bits per heavy atom. The highest BCUT2D eigenvalue weighted by molar-refractivity contribution is 14.1. The molecule has 0 nitrogen and oxygen atoms in total. The number of fused-ring (bicyclic) bond motifs is 10. The van der Waals surface area contributed by atoms with Crippen LogP contribution in [0.4, 0.5) is 0 Å². The summed E-state index contributed by atoms with van der Waals surface area (Å²) in [4.78, 5) is 3.04. The predicted octanol–water partition coefficient (Wildman–Crippen LogP) is 11.0. The zero-order valence-electron chi connectivity index (χ0n) is 21.4. The third-order valence-electron chi connectivity index (χ3n) is 8.14. The third-order valence-corrected chi connectivity index (χ3v) is 12.5. The fraction of sp³-hybridized carbons (Fsp3) is 0.176. The van der Waals surface area contributed by atoms with Crippen molar-refractivity contribution in [1.82, 2.24) is 0 Å². The van der Waals surface area contributed by atoms with E-state index in [9.17, 15) is 0 Å². The van der Waals surface area contributed by atoms with E-state index in [1.807, 2.05) is 22.7 Å². The molecule has 0 amide bonds. The van der Waals surface area contributed by atoms with E-state index in [0.717, 1.165) is 0 Å². The lowest BCUT2D eigenvalue weighted by molar-refractivity contribution is 0.674. The van der Waals surface area contributed by atoms with Crippen molar-refractivity contribution in [1.29, 1.82) is 0 Å². The van der Waals surface area contributed by atoms with Gasteiger partial charge in [0, 0.05) is 55.5 Å². The van der Waals surface area contributed by atoms with Crippen LogP contribution < -0.4 is 0 Å². The standard InChI is InChI=1S/C17H13IS.C17H14S/c1-17(2)12-8-4-3-6-10(12)14-11-7-5-9-13(18)15(11)19-16(14)17;1-17(2)13-9-5-3-7-11(13)15-12-8-4-6-10-14(12)18-16(15)17/h3-9H,1-2H3;3-10H,1-2H3. The zero-order chi connectivity index (χ0) is 25.5. The zero-order valence-corrected chi connectivity index (χ0v) is 25.1. The van der Waals surface area contributed by atoms with Crippen molar-refractivity contribution in [3.05, 3.63) is 115 Å². The molecule has 2 aliphatic rings. The predicted molar refractivity (Wildman–Crippen MR) is 171 cm³/mol. The van der Waals surface area contributed by atoms with Crippen LogP contribution in [0.3, 0.4) is 0 Å². The molecule has 0 bridgehead atoms. The first-order valence-electron chi connectivity index (χ1n) is 12.7. The van der Waals surface area contributed by atoms with E-state index in [-0.39, 0.29) is 10.8 Å². The van der Waals surface area contributed by atoms with Gasteiger partial charge in [0.05, 0.1) is 0 Å². The minimum absolute atomic E-state index is 0.138. The smallest absolute Gasteiger partial charge is 0.0485 e. The highest BCUT2D eigenvalue weighted by atomic mass is 127. The fourth-order valence-electron chi connectivity index (χ4n) is 6.28. The maximum atomic E-state index is 2.45. The van der Waals surface area contributed by atoms with Gasteiger partial charge in [0.2, 0.25) is 0 Å².